The minimum absolute atomic E-state index is 0.0378. The largest absolute Gasteiger partial charge is 0.353 e. The van der Waals surface area contributed by atoms with Crippen LogP contribution < -0.4 is 10.6 Å². The van der Waals surface area contributed by atoms with E-state index in [9.17, 15) is 9.59 Å². The Morgan fingerprint density at radius 3 is 2.26 bits per heavy atom. The first-order chi connectivity index (χ1) is 20.5. The van der Waals surface area contributed by atoms with Gasteiger partial charge in [-0.2, -0.15) is 0 Å². The van der Waals surface area contributed by atoms with Crippen LogP contribution in [0.2, 0.25) is 0 Å². The fourth-order valence-electron chi connectivity index (χ4n) is 12.3. The summed E-state index contributed by atoms with van der Waals surface area (Å²) in [5.74, 6) is 4.24. The molecule has 43 heavy (non-hydrogen) atoms. The van der Waals surface area contributed by atoms with Gasteiger partial charge in [0.2, 0.25) is 11.8 Å². The predicted octanol–water partition coefficient (Wildman–Crippen LogP) is 5.52. The second-order valence-electron chi connectivity index (χ2n) is 17.0. The van der Waals surface area contributed by atoms with Crippen LogP contribution in [0.5, 0.6) is 0 Å². The minimum atomic E-state index is -0.327. The molecule has 2 N–H and O–H groups in total. The lowest BCUT2D eigenvalue weighted by molar-refractivity contribution is -0.273. The van der Waals surface area contributed by atoms with Gasteiger partial charge in [-0.15, -0.1) is 0 Å². The molecule has 242 valence electrons. The maximum atomic E-state index is 12.9. The van der Waals surface area contributed by atoms with Gasteiger partial charge in [0.25, 0.3) is 0 Å². The van der Waals surface area contributed by atoms with Gasteiger partial charge >= 0.3 is 0 Å². The first kappa shape index (κ1) is 30.5. The lowest BCUT2D eigenvalue weighted by Gasteiger charge is -2.61. The van der Waals surface area contributed by atoms with Crippen molar-refractivity contribution in [3.05, 3.63) is 0 Å². The molecule has 4 saturated carbocycles. The van der Waals surface area contributed by atoms with E-state index in [4.69, 9.17) is 9.47 Å². The molecule has 12 atom stereocenters. The Hall–Kier alpha value is -1.18. The smallest absolute Gasteiger partial charge is 0.229 e. The molecule has 7 heteroatoms. The number of hydrogen-bond acceptors (Lipinski definition) is 5. The van der Waals surface area contributed by atoms with E-state index in [1.54, 1.807) is 0 Å². The lowest BCUT2D eigenvalue weighted by Crippen LogP contribution is -2.56. The highest BCUT2D eigenvalue weighted by Crippen LogP contribution is 2.71. The number of nitrogens with one attached hydrogen (secondary N) is 2. The molecule has 0 radical (unpaired) electrons. The third-order valence-corrected chi connectivity index (χ3v) is 14.7. The lowest BCUT2D eigenvalue weighted by atomic mass is 9.44. The number of likely N-dealkylation sites (tertiary alicyclic amines) is 1. The molecule has 0 unspecified atom stereocenters. The van der Waals surface area contributed by atoms with Crippen molar-refractivity contribution in [1.29, 1.82) is 0 Å². The second-order valence-corrected chi connectivity index (χ2v) is 17.0. The Morgan fingerprint density at radius 2 is 1.53 bits per heavy atom. The van der Waals surface area contributed by atoms with Crippen molar-refractivity contribution in [1.82, 2.24) is 15.5 Å². The summed E-state index contributed by atoms with van der Waals surface area (Å²) in [5, 5.41) is 6.39. The van der Waals surface area contributed by atoms with Gasteiger partial charge in [-0.3, -0.25) is 9.59 Å². The van der Waals surface area contributed by atoms with Crippen LogP contribution in [-0.4, -0.2) is 67.4 Å². The van der Waals surface area contributed by atoms with Gasteiger partial charge in [0.1, 0.15) is 6.42 Å². The van der Waals surface area contributed by atoms with Crippen molar-refractivity contribution in [3.63, 3.8) is 0 Å². The van der Waals surface area contributed by atoms with Crippen molar-refractivity contribution < 1.29 is 19.1 Å². The maximum Gasteiger partial charge on any atom is 0.229 e. The summed E-state index contributed by atoms with van der Waals surface area (Å²) in [6, 6.07) is 0.417. The number of hydrogen-bond donors (Lipinski definition) is 2. The molecular formula is C36H59N3O4. The van der Waals surface area contributed by atoms with Crippen LogP contribution in [0.15, 0.2) is 0 Å². The van der Waals surface area contributed by atoms with E-state index in [0.717, 1.165) is 69.6 Å². The number of rotatable bonds is 4. The predicted molar refractivity (Wildman–Crippen MR) is 167 cm³/mol. The number of amides is 2. The number of carbonyl (C=O) groups excluding carboxylic acids is 2. The average molecular weight is 598 g/mol. The molecule has 7 rings (SSSR count). The van der Waals surface area contributed by atoms with E-state index in [2.05, 4.69) is 50.3 Å². The zero-order chi connectivity index (χ0) is 30.1. The summed E-state index contributed by atoms with van der Waals surface area (Å²) in [7, 11) is 2.12. The molecule has 3 heterocycles. The summed E-state index contributed by atoms with van der Waals surface area (Å²) in [6.07, 6.45) is 14.4. The quantitative estimate of drug-likeness (QED) is 0.418. The number of ether oxygens (including phenoxy) is 2. The van der Waals surface area contributed by atoms with Gasteiger partial charge in [0.15, 0.2) is 5.79 Å². The molecular weight excluding hydrogens is 538 g/mol. The Morgan fingerprint density at radius 1 is 0.814 bits per heavy atom. The third-order valence-electron chi connectivity index (χ3n) is 14.7. The van der Waals surface area contributed by atoms with E-state index in [1.165, 1.54) is 44.9 Å². The number of nitrogens with zero attached hydrogens (tertiary/aromatic N) is 1. The van der Waals surface area contributed by atoms with Crippen molar-refractivity contribution in [2.45, 2.75) is 135 Å². The highest BCUT2D eigenvalue weighted by molar-refractivity contribution is 5.97. The normalized spacial score (nSPS) is 49.9. The Kier molecular flexibility index (Phi) is 7.98. The van der Waals surface area contributed by atoms with Crippen LogP contribution in [-0.2, 0) is 19.1 Å². The van der Waals surface area contributed by atoms with Crippen LogP contribution in [0.25, 0.3) is 0 Å². The molecule has 0 bridgehead atoms. The van der Waals surface area contributed by atoms with E-state index >= 15 is 0 Å². The standard InChI is InChI=1S/C36H59N3O4/c1-22-8-15-36(42-21-22)23(2)33-30(43-36)19-29-27-7-6-24-18-26(9-13-34(24,3)28(27)10-14-35(29,33)4)38-32(41)20-31(40)37-25-11-16-39(5)17-12-25/h22-30,33H,6-21H2,1-5H3,(H,37,40)(H,38,41)/t22-,23+,24+,26+,27-,28+,29+,30+,33+,34+,35+,36-/m1/s1. The van der Waals surface area contributed by atoms with E-state index in [1.807, 2.05) is 0 Å². The Balaban J connectivity index is 0.948. The van der Waals surface area contributed by atoms with E-state index in [-0.39, 0.29) is 36.1 Å². The molecule has 3 aliphatic heterocycles. The van der Waals surface area contributed by atoms with Gasteiger partial charge in [-0.1, -0.05) is 27.7 Å². The number of piperidine rings is 1. The average Bonchev–Trinajstić information content (AvgIpc) is 3.41. The molecule has 3 saturated heterocycles. The highest BCUT2D eigenvalue weighted by Gasteiger charge is 2.69. The van der Waals surface area contributed by atoms with Gasteiger partial charge in [0.05, 0.1) is 12.7 Å². The molecule has 7 fully saturated rings. The topological polar surface area (TPSA) is 79.9 Å². The monoisotopic (exact) mass is 597 g/mol. The molecule has 4 aliphatic carbocycles. The number of fused-ring (bicyclic) bond motifs is 7. The summed E-state index contributed by atoms with van der Waals surface area (Å²) in [5.41, 5.74) is 0.731. The van der Waals surface area contributed by atoms with Crippen molar-refractivity contribution in [3.8, 4) is 0 Å². The van der Waals surface area contributed by atoms with E-state index in [0.29, 0.717) is 40.6 Å². The molecule has 0 aromatic rings. The van der Waals surface area contributed by atoms with Gasteiger partial charge < -0.3 is 25.0 Å². The molecule has 7 aliphatic rings. The highest BCUT2D eigenvalue weighted by atomic mass is 16.7. The summed E-state index contributed by atoms with van der Waals surface area (Å²) in [6.45, 7) is 12.8. The molecule has 1 spiro atoms. The maximum absolute atomic E-state index is 12.9. The molecule has 0 aromatic carbocycles. The Labute approximate surface area is 260 Å². The van der Waals surface area contributed by atoms with Crippen LogP contribution in [0.3, 0.4) is 0 Å². The summed E-state index contributed by atoms with van der Waals surface area (Å²) >= 11 is 0. The third kappa shape index (κ3) is 5.19. The minimum Gasteiger partial charge on any atom is -0.353 e. The summed E-state index contributed by atoms with van der Waals surface area (Å²) in [4.78, 5) is 27.8. The van der Waals surface area contributed by atoms with Crippen LogP contribution in [0, 0.1) is 52.3 Å². The van der Waals surface area contributed by atoms with Crippen molar-refractivity contribution in [2.75, 3.05) is 26.7 Å². The van der Waals surface area contributed by atoms with Crippen molar-refractivity contribution >= 4 is 11.8 Å². The summed E-state index contributed by atoms with van der Waals surface area (Å²) < 4.78 is 13.5. The van der Waals surface area contributed by atoms with Crippen molar-refractivity contribution in [2.24, 2.45) is 52.3 Å². The zero-order valence-electron chi connectivity index (χ0n) is 27.7. The fraction of sp³-hybridized carbons (Fsp3) is 0.944. The zero-order valence-corrected chi connectivity index (χ0v) is 27.7. The Bertz CT molecular complexity index is 1070. The van der Waals surface area contributed by atoms with Gasteiger partial charge in [-0.25, -0.2) is 0 Å². The molecule has 2 amide bonds. The first-order valence-corrected chi connectivity index (χ1v) is 18.1. The fourth-order valence-corrected chi connectivity index (χ4v) is 12.3. The van der Waals surface area contributed by atoms with Crippen LogP contribution in [0.1, 0.15) is 111 Å². The van der Waals surface area contributed by atoms with Gasteiger partial charge in [0, 0.05) is 24.4 Å². The SMILES string of the molecule is C[C@@H]1CC[C@@]2(OC1)O[C@H]1C[C@H]3[C@@H]4CC[C@H]5C[C@@H](NC(=O)CC(=O)NC6CCN(C)CC6)CC[C@]5(C)[C@H]4CC[C@]3(C)[C@H]1[C@@H]2C. The molecule has 7 nitrogen and oxygen atoms in total. The van der Waals surface area contributed by atoms with E-state index < -0.39 is 0 Å². The van der Waals surface area contributed by atoms with Gasteiger partial charge in [-0.05, 0) is 137 Å². The van der Waals surface area contributed by atoms with Crippen LogP contribution in [0.4, 0.5) is 0 Å². The molecule has 0 aromatic heterocycles. The first-order valence-electron chi connectivity index (χ1n) is 18.1. The van der Waals surface area contributed by atoms with Crippen LogP contribution >= 0.6 is 0 Å². The second kappa shape index (κ2) is 11.3. The number of carbonyl (C=O) groups is 2.